The van der Waals surface area contributed by atoms with Gasteiger partial charge < -0.3 is 25.7 Å². The highest BCUT2D eigenvalue weighted by atomic mass is 19.4. The molecule has 47 heavy (non-hydrogen) atoms. The number of carbonyl (C=O) groups excluding carboxylic acids is 2. The number of amides is 2. The summed E-state index contributed by atoms with van der Waals surface area (Å²) in [5, 5.41) is 22.7. The van der Waals surface area contributed by atoms with Crippen molar-refractivity contribution in [3.8, 4) is 11.1 Å². The topological polar surface area (TPSA) is 136 Å². The minimum absolute atomic E-state index is 0.0255. The molecule has 2 amide bonds. The van der Waals surface area contributed by atoms with Crippen LogP contribution in [-0.4, -0.2) is 77.3 Å². The molecule has 2 aromatic rings. The zero-order valence-corrected chi connectivity index (χ0v) is 28.7. The Morgan fingerprint density at radius 1 is 0.830 bits per heavy atom. The minimum atomic E-state index is -5.08. The van der Waals surface area contributed by atoms with Gasteiger partial charge >= 0.3 is 18.1 Å². The van der Waals surface area contributed by atoms with Crippen molar-refractivity contribution in [3.05, 3.63) is 71.8 Å². The molecule has 0 spiro atoms. The summed E-state index contributed by atoms with van der Waals surface area (Å²) in [6, 6.07) is 16.5. The summed E-state index contributed by atoms with van der Waals surface area (Å²) in [7, 11) is 3.41. The quantitative estimate of drug-likeness (QED) is 0.220. The summed E-state index contributed by atoms with van der Waals surface area (Å²) < 4.78 is 31.7. The highest BCUT2D eigenvalue weighted by Gasteiger charge is 2.42. The fourth-order valence-electron chi connectivity index (χ4n) is 5.01. The van der Waals surface area contributed by atoms with E-state index in [-0.39, 0.29) is 23.3 Å². The smallest absolute Gasteiger partial charge is 0.478 e. The van der Waals surface area contributed by atoms with Gasteiger partial charge in [-0.2, -0.15) is 13.2 Å². The normalized spacial score (nSPS) is 14.3. The monoisotopic (exact) mass is 663 g/mol. The molecular formula is C35H48F3N3O6. The van der Waals surface area contributed by atoms with Gasteiger partial charge in [0.05, 0.1) is 12.1 Å². The number of hydrogen-bond donors (Lipinski definition) is 4. The van der Waals surface area contributed by atoms with E-state index in [1.54, 1.807) is 25.1 Å². The molecule has 9 nitrogen and oxygen atoms in total. The zero-order valence-electron chi connectivity index (χ0n) is 28.7. The first-order valence-electron chi connectivity index (χ1n) is 15.1. The van der Waals surface area contributed by atoms with E-state index >= 15 is 0 Å². The van der Waals surface area contributed by atoms with E-state index < -0.39 is 47.1 Å². The van der Waals surface area contributed by atoms with Crippen LogP contribution in [0.3, 0.4) is 0 Å². The lowest BCUT2D eigenvalue weighted by molar-refractivity contribution is -0.192. The van der Waals surface area contributed by atoms with Gasteiger partial charge in [-0.25, -0.2) is 9.59 Å². The van der Waals surface area contributed by atoms with Crippen LogP contribution in [0, 0.1) is 11.3 Å². The van der Waals surface area contributed by atoms with E-state index in [1.807, 2.05) is 78.8 Å². The Labute approximate surface area is 275 Å². The zero-order chi connectivity index (χ0) is 36.5. The van der Waals surface area contributed by atoms with Crippen LogP contribution >= 0.6 is 0 Å². The fourth-order valence-corrected chi connectivity index (χ4v) is 5.01. The Morgan fingerprint density at radius 3 is 1.68 bits per heavy atom. The fraction of sp³-hybridized carbons (Fsp3) is 0.486. The van der Waals surface area contributed by atoms with Crippen molar-refractivity contribution in [1.82, 2.24) is 15.5 Å². The molecule has 0 heterocycles. The van der Waals surface area contributed by atoms with E-state index in [2.05, 4.69) is 34.9 Å². The molecule has 0 aliphatic heterocycles. The molecule has 12 heteroatoms. The molecule has 0 fully saturated rings. The largest absolute Gasteiger partial charge is 0.490 e. The summed E-state index contributed by atoms with van der Waals surface area (Å²) in [4.78, 5) is 49.6. The summed E-state index contributed by atoms with van der Waals surface area (Å²) >= 11 is 0. The van der Waals surface area contributed by atoms with Crippen LogP contribution in [0.25, 0.3) is 11.1 Å². The van der Waals surface area contributed by atoms with Gasteiger partial charge in [-0.05, 0) is 42.0 Å². The van der Waals surface area contributed by atoms with Crippen LogP contribution in [0.5, 0.6) is 0 Å². The number of likely N-dealkylation sites (N-methyl/N-ethyl adjacent to an activating group) is 2. The van der Waals surface area contributed by atoms with E-state index in [0.29, 0.717) is 0 Å². The van der Waals surface area contributed by atoms with Gasteiger partial charge in [0, 0.05) is 18.0 Å². The van der Waals surface area contributed by atoms with Crippen molar-refractivity contribution < 1.29 is 42.6 Å². The lowest BCUT2D eigenvalue weighted by atomic mass is 9.76. The van der Waals surface area contributed by atoms with E-state index in [4.69, 9.17) is 9.90 Å². The van der Waals surface area contributed by atoms with Crippen molar-refractivity contribution in [2.24, 2.45) is 11.3 Å². The summed E-state index contributed by atoms with van der Waals surface area (Å²) in [5.41, 5.74) is 2.20. The van der Waals surface area contributed by atoms with Crippen LogP contribution in [-0.2, 0) is 24.6 Å². The lowest BCUT2D eigenvalue weighted by Crippen LogP contribution is -2.61. The summed E-state index contributed by atoms with van der Waals surface area (Å²) in [6.45, 7) is 15.2. The van der Waals surface area contributed by atoms with Gasteiger partial charge in [0.15, 0.2) is 0 Å². The van der Waals surface area contributed by atoms with Crippen molar-refractivity contribution in [2.75, 3.05) is 14.1 Å². The average Bonchev–Trinajstić information content (AvgIpc) is 2.97. The molecule has 0 saturated heterocycles. The highest BCUT2D eigenvalue weighted by molar-refractivity contribution is 5.91. The molecule has 0 unspecified atom stereocenters. The third-order valence-electron chi connectivity index (χ3n) is 7.89. The average molecular weight is 664 g/mol. The maximum absolute atomic E-state index is 13.8. The SMILES string of the molecule is CN[C@H](C(=O)N[C@H](C(=O)N(C)[C@H](/C=C(\C)C(=O)O)C(C)C)C(C)(C)C)C(C)(C)c1ccc(-c2ccccc2)cc1.O=C(O)C(F)(F)F. The number of carbonyl (C=O) groups is 4. The van der Waals surface area contributed by atoms with Crippen molar-refractivity contribution in [3.63, 3.8) is 0 Å². The van der Waals surface area contributed by atoms with Crippen LogP contribution in [0.1, 0.15) is 61.0 Å². The van der Waals surface area contributed by atoms with Gasteiger partial charge in [0.1, 0.15) is 6.04 Å². The van der Waals surface area contributed by atoms with Gasteiger partial charge in [-0.15, -0.1) is 0 Å². The number of hydrogen-bond acceptors (Lipinski definition) is 5. The number of rotatable bonds is 11. The van der Waals surface area contributed by atoms with Gasteiger partial charge in [0.2, 0.25) is 11.8 Å². The Kier molecular flexibility index (Phi) is 14.4. The Bertz CT molecular complexity index is 1400. The molecule has 0 aliphatic carbocycles. The third kappa shape index (κ3) is 11.5. The number of nitrogens with one attached hydrogen (secondary N) is 2. The first-order valence-corrected chi connectivity index (χ1v) is 15.1. The predicted octanol–water partition coefficient (Wildman–Crippen LogP) is 5.90. The first kappa shape index (κ1) is 40.8. The molecule has 260 valence electrons. The number of alkyl halides is 3. The number of aliphatic carboxylic acids is 2. The van der Waals surface area contributed by atoms with Crippen molar-refractivity contribution in [1.29, 1.82) is 0 Å². The van der Waals surface area contributed by atoms with Crippen LogP contribution in [0.2, 0.25) is 0 Å². The predicted molar refractivity (Wildman–Crippen MR) is 176 cm³/mol. The molecule has 0 saturated carbocycles. The molecule has 2 rings (SSSR count). The number of carboxylic acids is 2. The first-order chi connectivity index (χ1) is 21.5. The van der Waals surface area contributed by atoms with E-state index in [1.165, 1.54) is 6.92 Å². The maximum atomic E-state index is 13.8. The standard InChI is InChI=1S/C33H47N3O4.C2HF3O2/c1-21(2)26(20-22(3)31(39)40)36(10)30(38)28(32(4,5)6)35-29(37)27(34-9)33(7,8)25-18-16-24(17-19-25)23-14-12-11-13-15-23;3-2(4,5)1(6)7/h11-21,26-28,34H,1-10H3,(H,35,37)(H,39,40);(H,6,7)/b22-20+;/t26-,27-,28-;/m1./s1. The second-order valence-electron chi connectivity index (χ2n) is 13.3. The van der Waals surface area contributed by atoms with Crippen LogP contribution < -0.4 is 10.6 Å². The van der Waals surface area contributed by atoms with Crippen LogP contribution in [0.15, 0.2) is 66.2 Å². The molecule has 0 aromatic heterocycles. The van der Waals surface area contributed by atoms with Gasteiger partial charge in [-0.1, -0.05) is 109 Å². The summed E-state index contributed by atoms with van der Waals surface area (Å²) in [5.74, 6) is -4.36. The summed E-state index contributed by atoms with van der Waals surface area (Å²) in [6.07, 6.45) is -3.48. The van der Waals surface area contributed by atoms with Crippen molar-refractivity contribution in [2.45, 2.75) is 85.1 Å². The molecule has 0 radical (unpaired) electrons. The Balaban J connectivity index is 0.00000141. The minimum Gasteiger partial charge on any atom is -0.478 e. The third-order valence-corrected chi connectivity index (χ3v) is 7.89. The second kappa shape index (κ2) is 16.6. The van der Waals surface area contributed by atoms with Crippen LogP contribution in [0.4, 0.5) is 13.2 Å². The molecular weight excluding hydrogens is 615 g/mol. The van der Waals surface area contributed by atoms with E-state index in [9.17, 15) is 32.7 Å². The molecule has 2 aromatic carbocycles. The second-order valence-corrected chi connectivity index (χ2v) is 13.3. The molecule has 0 bridgehead atoms. The number of benzene rings is 2. The lowest BCUT2D eigenvalue weighted by Gasteiger charge is -2.40. The van der Waals surface area contributed by atoms with E-state index in [0.717, 1.165) is 16.7 Å². The highest BCUT2D eigenvalue weighted by Crippen LogP contribution is 2.31. The maximum Gasteiger partial charge on any atom is 0.490 e. The van der Waals surface area contributed by atoms with Crippen molar-refractivity contribution >= 4 is 23.8 Å². The van der Waals surface area contributed by atoms with Gasteiger partial charge in [0.25, 0.3) is 0 Å². The molecule has 4 N–H and O–H groups in total. The Hall–Kier alpha value is -4.19. The molecule has 0 aliphatic rings. The Morgan fingerprint density at radius 2 is 1.30 bits per heavy atom. The number of nitrogens with zero attached hydrogens (tertiary/aromatic N) is 1. The van der Waals surface area contributed by atoms with Gasteiger partial charge in [-0.3, -0.25) is 9.59 Å². The number of carboxylic acid groups (broad SMARTS) is 2. The molecule has 3 atom stereocenters. The number of halogens is 3.